The molecule has 3 heterocycles. The monoisotopic (exact) mass is 563 g/mol. The summed E-state index contributed by atoms with van der Waals surface area (Å²) in [6, 6.07) is 18.9. The maximum absolute atomic E-state index is 12.7. The summed E-state index contributed by atoms with van der Waals surface area (Å²) < 4.78 is 10.7. The van der Waals surface area contributed by atoms with E-state index >= 15 is 0 Å². The first-order chi connectivity index (χ1) is 20.1. The highest BCUT2D eigenvalue weighted by Crippen LogP contribution is 2.26. The van der Waals surface area contributed by atoms with Crippen LogP contribution in [0.4, 0.5) is 6.01 Å². The van der Waals surface area contributed by atoms with E-state index in [2.05, 4.69) is 55.6 Å². The third-order valence-electron chi connectivity index (χ3n) is 7.92. The molecular formula is C31H41N5O5. The normalized spacial score (nSPS) is 16.5. The molecule has 0 atom stereocenters. The summed E-state index contributed by atoms with van der Waals surface area (Å²) in [5, 5.41) is 14.2. The number of piperidine rings is 2. The van der Waals surface area contributed by atoms with Gasteiger partial charge in [0.25, 0.3) is 6.47 Å². The number of ether oxygens (including phenoxy) is 1. The van der Waals surface area contributed by atoms with Crippen LogP contribution in [0.25, 0.3) is 11.4 Å². The van der Waals surface area contributed by atoms with E-state index in [0.29, 0.717) is 11.8 Å². The van der Waals surface area contributed by atoms with E-state index in [4.69, 9.17) is 19.2 Å². The highest BCUT2D eigenvalue weighted by atomic mass is 16.5. The van der Waals surface area contributed by atoms with Gasteiger partial charge in [-0.3, -0.25) is 9.59 Å². The summed E-state index contributed by atoms with van der Waals surface area (Å²) in [5.74, 6) is 2.36. The minimum Gasteiger partial charge on any atom is -0.497 e. The first-order valence-electron chi connectivity index (χ1n) is 14.4. The molecule has 2 saturated heterocycles. The highest BCUT2D eigenvalue weighted by Gasteiger charge is 2.27. The lowest BCUT2D eigenvalue weighted by Gasteiger charge is -2.32. The average molecular weight is 564 g/mol. The van der Waals surface area contributed by atoms with Crippen LogP contribution in [0.3, 0.4) is 0 Å². The van der Waals surface area contributed by atoms with E-state index in [1.807, 2.05) is 24.3 Å². The summed E-state index contributed by atoms with van der Waals surface area (Å²) in [7, 11) is 1.64. The topological polar surface area (TPSA) is 121 Å². The molecule has 41 heavy (non-hydrogen) atoms. The van der Waals surface area contributed by atoms with E-state index in [1.165, 1.54) is 37.9 Å². The number of anilines is 1. The average Bonchev–Trinajstić information content (AvgIpc) is 3.52. The number of likely N-dealkylation sites (tertiary alicyclic amines) is 1. The van der Waals surface area contributed by atoms with Gasteiger partial charge < -0.3 is 29.5 Å². The fourth-order valence-corrected chi connectivity index (χ4v) is 5.55. The largest absolute Gasteiger partial charge is 0.497 e. The molecule has 2 aliphatic heterocycles. The minimum atomic E-state index is -0.250. The van der Waals surface area contributed by atoms with E-state index in [9.17, 15) is 4.79 Å². The number of amides is 1. The highest BCUT2D eigenvalue weighted by molar-refractivity contribution is 5.78. The lowest BCUT2D eigenvalue weighted by atomic mass is 9.90. The van der Waals surface area contributed by atoms with Crippen molar-refractivity contribution in [2.75, 3.05) is 51.3 Å². The molecule has 10 heteroatoms. The number of methoxy groups -OCH3 is 1. The molecule has 0 aliphatic carbocycles. The maximum Gasteiger partial charge on any atom is 0.324 e. The van der Waals surface area contributed by atoms with Crippen LogP contribution < -0.4 is 15.0 Å². The standard InChI is InChI=1S/C30H39N5O3.CH2O2/c1-37-27-10-8-25(9-11-27)28-32-30(38-33-28)35-20-14-26(15-21-35)29(36)31-16-5-17-34-18-12-24(13-19-34)22-23-6-3-2-4-7-23;2-1-3/h2-4,6-11,24,26H,5,12-22H2,1H3,(H,31,36);1H,(H,2,3). The van der Waals surface area contributed by atoms with Gasteiger partial charge in [0.05, 0.1) is 7.11 Å². The Morgan fingerprint density at radius 1 is 1.05 bits per heavy atom. The first kappa shape index (κ1) is 30.0. The van der Waals surface area contributed by atoms with Crippen LogP contribution >= 0.6 is 0 Å². The molecule has 0 saturated carbocycles. The number of nitrogens with one attached hydrogen (secondary N) is 1. The van der Waals surface area contributed by atoms with Gasteiger partial charge >= 0.3 is 6.01 Å². The molecule has 2 aromatic carbocycles. The minimum absolute atomic E-state index is 0.0453. The number of benzene rings is 2. The zero-order chi connectivity index (χ0) is 28.9. The van der Waals surface area contributed by atoms with Gasteiger partial charge in [-0.25, -0.2) is 0 Å². The third-order valence-corrected chi connectivity index (χ3v) is 7.92. The zero-order valence-corrected chi connectivity index (χ0v) is 23.8. The zero-order valence-electron chi connectivity index (χ0n) is 23.8. The molecule has 2 aliphatic rings. The van der Waals surface area contributed by atoms with Crippen LogP contribution in [0, 0.1) is 11.8 Å². The van der Waals surface area contributed by atoms with Crippen molar-refractivity contribution in [3.8, 4) is 17.1 Å². The summed E-state index contributed by atoms with van der Waals surface area (Å²) in [6.45, 7) is 5.36. The van der Waals surface area contributed by atoms with Crippen LogP contribution in [0.15, 0.2) is 59.1 Å². The van der Waals surface area contributed by atoms with Gasteiger partial charge in [-0.1, -0.05) is 35.5 Å². The fraction of sp³-hybridized carbons (Fsp3) is 0.484. The van der Waals surface area contributed by atoms with E-state index in [1.54, 1.807) is 7.11 Å². The van der Waals surface area contributed by atoms with Crippen molar-refractivity contribution in [2.24, 2.45) is 11.8 Å². The molecule has 2 N–H and O–H groups in total. The van der Waals surface area contributed by atoms with Crippen LogP contribution in [-0.4, -0.2) is 78.9 Å². The Morgan fingerprint density at radius 3 is 2.39 bits per heavy atom. The van der Waals surface area contributed by atoms with Gasteiger partial charge in [0.2, 0.25) is 11.7 Å². The number of nitrogens with zero attached hydrogens (tertiary/aromatic N) is 4. The molecule has 10 nitrogen and oxygen atoms in total. The van der Waals surface area contributed by atoms with Crippen LogP contribution in [0.5, 0.6) is 5.75 Å². The Bertz CT molecular complexity index is 1190. The van der Waals surface area contributed by atoms with Gasteiger partial charge in [-0.05, 0) is 93.9 Å². The number of carboxylic acid groups (broad SMARTS) is 1. The Kier molecular flexibility index (Phi) is 11.5. The second kappa shape index (κ2) is 15.8. The number of carbonyl (C=O) groups is 2. The quantitative estimate of drug-likeness (QED) is 0.277. The summed E-state index contributed by atoms with van der Waals surface area (Å²) in [5.41, 5.74) is 2.33. The number of rotatable bonds is 10. The molecule has 5 rings (SSSR count). The Hall–Kier alpha value is -3.92. The fourth-order valence-electron chi connectivity index (χ4n) is 5.55. The van der Waals surface area contributed by atoms with Crippen LogP contribution in [0.1, 0.15) is 37.7 Å². The Labute approximate surface area is 241 Å². The van der Waals surface area contributed by atoms with E-state index in [-0.39, 0.29) is 18.3 Å². The number of hydrogen-bond acceptors (Lipinski definition) is 8. The summed E-state index contributed by atoms with van der Waals surface area (Å²) >= 11 is 0. The molecular weight excluding hydrogens is 522 g/mol. The predicted octanol–water partition coefficient (Wildman–Crippen LogP) is 4.12. The molecule has 220 valence electrons. The van der Waals surface area contributed by atoms with E-state index < -0.39 is 0 Å². The Morgan fingerprint density at radius 2 is 1.73 bits per heavy atom. The van der Waals surface area contributed by atoms with E-state index in [0.717, 1.165) is 62.7 Å². The van der Waals surface area contributed by atoms with Crippen LogP contribution in [-0.2, 0) is 16.0 Å². The number of carbonyl (C=O) groups excluding carboxylic acids is 1. The molecule has 0 bridgehead atoms. The second-order valence-electron chi connectivity index (χ2n) is 10.6. The predicted molar refractivity (Wildman–Crippen MR) is 157 cm³/mol. The summed E-state index contributed by atoms with van der Waals surface area (Å²) in [4.78, 5) is 30.3. The Balaban J connectivity index is 0.00000124. The van der Waals surface area contributed by atoms with Gasteiger partial charge in [0.15, 0.2) is 0 Å². The first-order valence-corrected chi connectivity index (χ1v) is 14.4. The van der Waals surface area contributed by atoms with Crippen molar-refractivity contribution in [1.29, 1.82) is 0 Å². The molecule has 3 aromatic rings. The SMILES string of the molecule is COc1ccc(-c2noc(N3CCC(C(=O)NCCCN4CCC(Cc5ccccc5)CC4)CC3)n2)cc1.O=CO. The van der Waals surface area contributed by atoms with Gasteiger partial charge in [-0.2, -0.15) is 4.98 Å². The van der Waals surface area contributed by atoms with Gasteiger partial charge in [-0.15, -0.1) is 0 Å². The summed E-state index contributed by atoms with van der Waals surface area (Å²) in [6.07, 6.45) is 6.31. The lowest BCUT2D eigenvalue weighted by Crippen LogP contribution is -2.41. The van der Waals surface area contributed by atoms with Crippen molar-refractivity contribution in [2.45, 2.75) is 38.5 Å². The third kappa shape index (κ3) is 9.04. The van der Waals surface area contributed by atoms with Gasteiger partial charge in [0, 0.05) is 31.1 Å². The van der Waals surface area contributed by atoms with Gasteiger partial charge in [0.1, 0.15) is 5.75 Å². The van der Waals surface area contributed by atoms with Crippen LogP contribution in [0.2, 0.25) is 0 Å². The van der Waals surface area contributed by atoms with Crippen molar-refractivity contribution in [3.63, 3.8) is 0 Å². The van der Waals surface area contributed by atoms with Crippen molar-refractivity contribution < 1.29 is 24.0 Å². The number of hydrogen-bond donors (Lipinski definition) is 2. The molecule has 0 radical (unpaired) electrons. The van der Waals surface area contributed by atoms with Crippen molar-refractivity contribution in [3.05, 3.63) is 60.2 Å². The molecule has 1 amide bonds. The van der Waals surface area contributed by atoms with Crippen molar-refractivity contribution in [1.82, 2.24) is 20.4 Å². The molecule has 0 unspecified atom stereocenters. The molecule has 0 spiro atoms. The lowest BCUT2D eigenvalue weighted by molar-refractivity contribution is -0.125. The molecule has 1 aromatic heterocycles. The molecule has 2 fully saturated rings. The smallest absolute Gasteiger partial charge is 0.324 e. The number of aromatic nitrogens is 2. The van der Waals surface area contributed by atoms with Crippen molar-refractivity contribution >= 4 is 18.4 Å². The second-order valence-corrected chi connectivity index (χ2v) is 10.6. The maximum atomic E-state index is 12.7.